The van der Waals surface area contributed by atoms with Gasteiger partial charge in [0.05, 0.1) is 23.0 Å². The Morgan fingerprint density at radius 1 is 1.16 bits per heavy atom. The lowest BCUT2D eigenvalue weighted by molar-refractivity contribution is -0.137. The highest BCUT2D eigenvalue weighted by Gasteiger charge is 2.33. The van der Waals surface area contributed by atoms with Crippen LogP contribution in [0.4, 0.5) is 24.7 Å². The molecule has 0 atom stereocenters. The average Bonchev–Trinajstić information content (AvgIpc) is 3.10. The molecule has 132 valence electrons. The number of alkyl halides is 3. The molecule has 0 aliphatic carbocycles. The summed E-state index contributed by atoms with van der Waals surface area (Å²) in [6, 6.07) is 3.46. The van der Waals surface area contributed by atoms with Crippen molar-refractivity contribution in [2.24, 2.45) is 0 Å². The number of hydrogen-bond acceptors (Lipinski definition) is 4. The highest BCUT2D eigenvalue weighted by molar-refractivity contribution is 6.31. The SMILES string of the molecule is O=C(c1cnc(Nc2ccc(Cl)c(C(F)(F)F)c2)cn1)N1CCCC1. The van der Waals surface area contributed by atoms with Crippen LogP contribution in [0.25, 0.3) is 0 Å². The Balaban J connectivity index is 1.74. The van der Waals surface area contributed by atoms with E-state index in [0.29, 0.717) is 13.1 Å². The van der Waals surface area contributed by atoms with Crippen LogP contribution in [0.2, 0.25) is 5.02 Å². The Morgan fingerprint density at radius 2 is 1.88 bits per heavy atom. The number of carbonyl (C=O) groups excluding carboxylic acids is 1. The van der Waals surface area contributed by atoms with E-state index in [0.717, 1.165) is 25.0 Å². The zero-order chi connectivity index (χ0) is 18.0. The fraction of sp³-hybridized carbons (Fsp3) is 0.312. The molecular weight excluding hydrogens is 357 g/mol. The molecule has 1 amide bonds. The van der Waals surface area contributed by atoms with Crippen molar-refractivity contribution in [3.8, 4) is 0 Å². The summed E-state index contributed by atoms with van der Waals surface area (Å²) in [6.45, 7) is 1.40. The van der Waals surface area contributed by atoms with Crippen LogP contribution in [0.3, 0.4) is 0 Å². The molecule has 0 unspecified atom stereocenters. The molecular formula is C16H14ClF3N4O. The molecule has 1 fully saturated rings. The molecule has 1 N–H and O–H groups in total. The predicted octanol–water partition coefficient (Wildman–Crippen LogP) is 4.13. The van der Waals surface area contributed by atoms with Crippen molar-refractivity contribution >= 4 is 29.0 Å². The summed E-state index contributed by atoms with van der Waals surface area (Å²) in [7, 11) is 0. The number of carbonyl (C=O) groups is 1. The minimum absolute atomic E-state index is 0.171. The molecule has 5 nitrogen and oxygen atoms in total. The van der Waals surface area contributed by atoms with Gasteiger partial charge >= 0.3 is 6.18 Å². The molecule has 1 aromatic carbocycles. The van der Waals surface area contributed by atoms with Crippen LogP contribution in [-0.4, -0.2) is 33.9 Å². The smallest absolute Gasteiger partial charge is 0.339 e. The Kier molecular flexibility index (Phi) is 4.80. The van der Waals surface area contributed by atoms with Crippen LogP contribution >= 0.6 is 11.6 Å². The number of anilines is 2. The van der Waals surface area contributed by atoms with Gasteiger partial charge in [-0.15, -0.1) is 0 Å². The lowest BCUT2D eigenvalue weighted by Gasteiger charge is -2.14. The Labute approximate surface area is 146 Å². The van der Waals surface area contributed by atoms with E-state index in [9.17, 15) is 18.0 Å². The molecule has 0 radical (unpaired) electrons. The van der Waals surface area contributed by atoms with E-state index >= 15 is 0 Å². The van der Waals surface area contributed by atoms with Crippen LogP contribution < -0.4 is 5.32 Å². The van der Waals surface area contributed by atoms with E-state index in [2.05, 4.69) is 15.3 Å². The number of rotatable bonds is 3. The molecule has 2 heterocycles. The number of aromatic nitrogens is 2. The van der Waals surface area contributed by atoms with Gasteiger partial charge in [-0.25, -0.2) is 9.97 Å². The van der Waals surface area contributed by atoms with Gasteiger partial charge in [0.2, 0.25) is 0 Å². The predicted molar refractivity (Wildman–Crippen MR) is 86.9 cm³/mol. The second-order valence-corrected chi connectivity index (χ2v) is 6.01. The summed E-state index contributed by atoms with van der Waals surface area (Å²) in [6.07, 6.45) is 0.00896. The van der Waals surface area contributed by atoms with E-state index in [1.165, 1.54) is 18.5 Å². The highest BCUT2D eigenvalue weighted by Crippen LogP contribution is 2.36. The third-order valence-corrected chi connectivity index (χ3v) is 4.14. The van der Waals surface area contributed by atoms with E-state index < -0.39 is 11.7 Å². The van der Waals surface area contributed by atoms with E-state index in [1.54, 1.807) is 4.90 Å². The number of amides is 1. The quantitative estimate of drug-likeness (QED) is 0.882. The molecule has 9 heteroatoms. The zero-order valence-electron chi connectivity index (χ0n) is 13.0. The van der Waals surface area contributed by atoms with Crippen molar-refractivity contribution in [3.63, 3.8) is 0 Å². The molecule has 0 saturated carbocycles. The summed E-state index contributed by atoms with van der Waals surface area (Å²) < 4.78 is 38.6. The maximum Gasteiger partial charge on any atom is 0.417 e. The van der Waals surface area contributed by atoms with Crippen LogP contribution in [0, 0.1) is 0 Å². The zero-order valence-corrected chi connectivity index (χ0v) is 13.7. The van der Waals surface area contributed by atoms with Crippen LogP contribution in [-0.2, 0) is 6.18 Å². The van der Waals surface area contributed by atoms with E-state index in [1.807, 2.05) is 0 Å². The Hall–Kier alpha value is -2.35. The molecule has 1 aliphatic heterocycles. The van der Waals surface area contributed by atoms with Crippen molar-refractivity contribution in [1.29, 1.82) is 0 Å². The molecule has 1 aromatic heterocycles. The van der Waals surface area contributed by atoms with Gasteiger partial charge in [-0.1, -0.05) is 11.6 Å². The van der Waals surface area contributed by atoms with Gasteiger partial charge in [0, 0.05) is 18.8 Å². The number of halogens is 4. The summed E-state index contributed by atoms with van der Waals surface area (Å²) >= 11 is 5.58. The monoisotopic (exact) mass is 370 g/mol. The van der Waals surface area contributed by atoms with Crippen LogP contribution in [0.15, 0.2) is 30.6 Å². The second kappa shape index (κ2) is 6.87. The van der Waals surface area contributed by atoms with Gasteiger partial charge in [0.15, 0.2) is 0 Å². The number of benzene rings is 1. The highest BCUT2D eigenvalue weighted by atomic mass is 35.5. The largest absolute Gasteiger partial charge is 0.417 e. The van der Waals surface area contributed by atoms with Crippen molar-refractivity contribution in [2.75, 3.05) is 18.4 Å². The maximum atomic E-state index is 12.9. The summed E-state index contributed by atoms with van der Waals surface area (Å²) in [5, 5.41) is 2.34. The molecule has 2 aromatic rings. The molecule has 0 bridgehead atoms. The molecule has 1 saturated heterocycles. The van der Waals surface area contributed by atoms with Gasteiger partial charge in [0.25, 0.3) is 5.91 Å². The Bertz CT molecular complexity index is 774. The number of likely N-dealkylation sites (tertiary alicyclic amines) is 1. The number of hydrogen-bond donors (Lipinski definition) is 1. The Morgan fingerprint density at radius 3 is 2.48 bits per heavy atom. The standard InChI is InChI=1S/C16H14ClF3N4O/c17-12-4-3-10(7-11(12)16(18,19)20)23-14-9-21-13(8-22-14)15(25)24-5-1-2-6-24/h3-4,7-9H,1-2,5-6H2,(H,22,23). The fourth-order valence-electron chi connectivity index (χ4n) is 2.55. The van der Waals surface area contributed by atoms with E-state index in [-0.39, 0.29) is 28.1 Å². The first-order valence-electron chi connectivity index (χ1n) is 7.60. The van der Waals surface area contributed by atoms with Gasteiger partial charge in [-0.3, -0.25) is 4.79 Å². The minimum Gasteiger partial charge on any atom is -0.339 e. The van der Waals surface area contributed by atoms with Gasteiger partial charge in [-0.05, 0) is 31.0 Å². The minimum atomic E-state index is -4.55. The van der Waals surface area contributed by atoms with Crippen molar-refractivity contribution in [1.82, 2.24) is 14.9 Å². The number of nitrogens with zero attached hydrogens (tertiary/aromatic N) is 3. The topological polar surface area (TPSA) is 58.1 Å². The fourth-order valence-corrected chi connectivity index (χ4v) is 2.78. The van der Waals surface area contributed by atoms with Crippen molar-refractivity contribution < 1.29 is 18.0 Å². The van der Waals surface area contributed by atoms with Gasteiger partial charge in [-0.2, -0.15) is 13.2 Å². The van der Waals surface area contributed by atoms with Crippen LogP contribution in [0.1, 0.15) is 28.9 Å². The lowest BCUT2D eigenvalue weighted by Crippen LogP contribution is -2.28. The van der Waals surface area contributed by atoms with Crippen LogP contribution in [0.5, 0.6) is 0 Å². The number of nitrogens with one attached hydrogen (secondary N) is 1. The normalized spacial score (nSPS) is 14.6. The third kappa shape index (κ3) is 4.01. The van der Waals surface area contributed by atoms with Gasteiger partial charge < -0.3 is 10.2 Å². The molecule has 3 rings (SSSR count). The molecule has 25 heavy (non-hydrogen) atoms. The van der Waals surface area contributed by atoms with Crippen molar-refractivity contribution in [2.45, 2.75) is 19.0 Å². The lowest BCUT2D eigenvalue weighted by atomic mass is 10.2. The average molecular weight is 371 g/mol. The third-order valence-electron chi connectivity index (χ3n) is 3.81. The van der Waals surface area contributed by atoms with E-state index in [4.69, 9.17) is 11.6 Å². The first kappa shape index (κ1) is 17.5. The molecule has 1 aliphatic rings. The van der Waals surface area contributed by atoms with Gasteiger partial charge in [0.1, 0.15) is 11.5 Å². The van der Waals surface area contributed by atoms with Crippen molar-refractivity contribution in [3.05, 3.63) is 46.9 Å². The summed E-state index contributed by atoms with van der Waals surface area (Å²) in [5.41, 5.74) is -0.558. The first-order valence-corrected chi connectivity index (χ1v) is 7.97. The maximum absolute atomic E-state index is 12.9. The summed E-state index contributed by atoms with van der Waals surface area (Å²) in [4.78, 5) is 22.0. The first-order chi connectivity index (χ1) is 11.8. The molecule has 0 spiro atoms. The second-order valence-electron chi connectivity index (χ2n) is 5.60. The summed E-state index contributed by atoms with van der Waals surface area (Å²) in [5.74, 6) is 0.0378.